The third kappa shape index (κ3) is 4.91. The number of aryl methyl sites for hydroxylation is 1. The summed E-state index contributed by atoms with van der Waals surface area (Å²) < 4.78 is 10.2. The highest BCUT2D eigenvalue weighted by Gasteiger charge is 2.27. The molecule has 188 valence electrons. The molecule has 36 heavy (non-hydrogen) atoms. The van der Waals surface area contributed by atoms with Gasteiger partial charge in [0.25, 0.3) is 5.91 Å². The van der Waals surface area contributed by atoms with Gasteiger partial charge in [0.15, 0.2) is 0 Å². The number of anilines is 1. The van der Waals surface area contributed by atoms with Crippen LogP contribution in [0.5, 0.6) is 5.75 Å². The maximum Gasteiger partial charge on any atom is 0.251 e. The number of fused-ring (bicyclic) bond motifs is 1. The first-order valence-electron chi connectivity index (χ1n) is 12.5. The molecule has 0 saturated heterocycles. The Kier molecular flexibility index (Phi) is 6.63. The van der Waals surface area contributed by atoms with Crippen molar-refractivity contribution in [3.8, 4) is 17.0 Å². The van der Waals surface area contributed by atoms with Gasteiger partial charge in [-0.3, -0.25) is 14.2 Å². The highest BCUT2D eigenvalue weighted by atomic mass is 16.5. The van der Waals surface area contributed by atoms with E-state index in [2.05, 4.69) is 31.5 Å². The highest BCUT2D eigenvalue weighted by Crippen LogP contribution is 2.36. The molecule has 5 rings (SSSR count). The average Bonchev–Trinajstić information content (AvgIpc) is 3.47. The van der Waals surface area contributed by atoms with Crippen LogP contribution < -0.4 is 15.4 Å². The molecule has 1 aliphatic rings. The van der Waals surface area contributed by atoms with Crippen molar-refractivity contribution >= 4 is 22.6 Å². The van der Waals surface area contributed by atoms with E-state index in [1.807, 2.05) is 70.8 Å². The molecule has 1 saturated carbocycles. The smallest absolute Gasteiger partial charge is 0.251 e. The summed E-state index contributed by atoms with van der Waals surface area (Å²) in [7, 11) is 3.79. The molecule has 1 amide bonds. The maximum atomic E-state index is 12.4. The van der Waals surface area contributed by atoms with E-state index in [1.54, 1.807) is 4.68 Å². The van der Waals surface area contributed by atoms with Crippen molar-refractivity contribution in [2.75, 3.05) is 12.4 Å². The molecule has 3 heterocycles. The largest absolute Gasteiger partial charge is 0.490 e. The fourth-order valence-electron chi connectivity index (χ4n) is 4.86. The number of benzene rings is 1. The van der Waals surface area contributed by atoms with E-state index in [0.29, 0.717) is 5.56 Å². The van der Waals surface area contributed by atoms with E-state index < -0.39 is 0 Å². The van der Waals surface area contributed by atoms with Gasteiger partial charge in [0, 0.05) is 55.1 Å². The first-order valence-corrected chi connectivity index (χ1v) is 12.5. The third-order valence-corrected chi connectivity index (χ3v) is 6.63. The lowest BCUT2D eigenvalue weighted by Crippen LogP contribution is -2.30. The van der Waals surface area contributed by atoms with Crippen molar-refractivity contribution in [3.63, 3.8) is 0 Å². The van der Waals surface area contributed by atoms with Crippen LogP contribution in [0.15, 0.2) is 48.9 Å². The summed E-state index contributed by atoms with van der Waals surface area (Å²) in [5, 5.41) is 16.5. The molecule has 0 bridgehead atoms. The van der Waals surface area contributed by atoms with E-state index in [9.17, 15) is 4.79 Å². The Balaban J connectivity index is 1.32. The number of hydrogen-bond donors (Lipinski definition) is 2. The van der Waals surface area contributed by atoms with Gasteiger partial charge in [-0.1, -0.05) is 6.07 Å². The fraction of sp³-hybridized carbons (Fsp3) is 0.407. The Morgan fingerprint density at radius 3 is 2.64 bits per heavy atom. The average molecular weight is 488 g/mol. The number of ether oxygens (including phenoxy) is 1. The summed E-state index contributed by atoms with van der Waals surface area (Å²) in [6, 6.07) is 9.88. The van der Waals surface area contributed by atoms with Crippen LogP contribution in [0.3, 0.4) is 0 Å². The number of pyridine rings is 1. The molecule has 3 aromatic heterocycles. The van der Waals surface area contributed by atoms with Gasteiger partial charge in [-0.05, 0) is 57.7 Å². The second-order valence-electron chi connectivity index (χ2n) is 9.74. The predicted octanol–water partition coefficient (Wildman–Crippen LogP) is 4.57. The van der Waals surface area contributed by atoms with Gasteiger partial charge in [-0.15, -0.1) is 0 Å². The quantitative estimate of drug-likeness (QED) is 0.396. The number of amides is 1. The van der Waals surface area contributed by atoms with E-state index in [-0.39, 0.29) is 24.1 Å². The normalized spacial score (nSPS) is 17.9. The summed E-state index contributed by atoms with van der Waals surface area (Å²) >= 11 is 0. The zero-order valence-corrected chi connectivity index (χ0v) is 21.2. The van der Waals surface area contributed by atoms with Gasteiger partial charge in [0.2, 0.25) is 0 Å². The van der Waals surface area contributed by atoms with Crippen molar-refractivity contribution in [1.82, 2.24) is 29.9 Å². The molecule has 2 N–H and O–H groups in total. The zero-order valence-electron chi connectivity index (χ0n) is 21.2. The highest BCUT2D eigenvalue weighted by molar-refractivity contribution is 5.95. The van der Waals surface area contributed by atoms with Gasteiger partial charge in [-0.25, -0.2) is 4.98 Å². The van der Waals surface area contributed by atoms with Gasteiger partial charge < -0.3 is 15.4 Å². The lowest BCUT2D eigenvalue weighted by molar-refractivity contribution is 0.0941. The van der Waals surface area contributed by atoms with Crippen LogP contribution in [0.25, 0.3) is 22.2 Å². The van der Waals surface area contributed by atoms with Crippen LogP contribution >= 0.6 is 0 Å². The van der Waals surface area contributed by atoms with Gasteiger partial charge >= 0.3 is 0 Å². The molecule has 0 radical (unpaired) electrons. The minimum absolute atomic E-state index is 0.0791. The van der Waals surface area contributed by atoms with Crippen molar-refractivity contribution in [1.29, 1.82) is 0 Å². The fourth-order valence-corrected chi connectivity index (χ4v) is 4.86. The lowest BCUT2D eigenvalue weighted by atomic mass is 9.93. The molecular weight excluding hydrogens is 454 g/mol. The Hall–Kier alpha value is -3.88. The lowest BCUT2D eigenvalue weighted by Gasteiger charge is -2.29. The van der Waals surface area contributed by atoms with Crippen molar-refractivity contribution < 1.29 is 9.53 Å². The van der Waals surface area contributed by atoms with E-state index in [0.717, 1.165) is 59.4 Å². The van der Waals surface area contributed by atoms with Crippen LogP contribution in [0.4, 0.5) is 5.82 Å². The summed E-state index contributed by atoms with van der Waals surface area (Å²) in [6.07, 6.45) is 9.58. The minimum atomic E-state index is -0.0791. The van der Waals surface area contributed by atoms with Crippen LogP contribution in [0.2, 0.25) is 0 Å². The van der Waals surface area contributed by atoms with Gasteiger partial charge in [-0.2, -0.15) is 10.2 Å². The molecule has 9 nitrogen and oxygen atoms in total. The summed E-state index contributed by atoms with van der Waals surface area (Å²) in [5.74, 6) is 1.48. The number of hydrogen-bond acceptors (Lipinski definition) is 6. The van der Waals surface area contributed by atoms with Gasteiger partial charge in [0.05, 0.1) is 23.9 Å². The van der Waals surface area contributed by atoms with Crippen molar-refractivity contribution in [2.24, 2.45) is 7.05 Å². The number of rotatable bonds is 7. The number of carbonyl (C=O) groups excluding carboxylic acids is 1. The maximum absolute atomic E-state index is 12.4. The molecule has 1 fully saturated rings. The van der Waals surface area contributed by atoms with Crippen LogP contribution in [-0.4, -0.2) is 49.6 Å². The predicted molar refractivity (Wildman–Crippen MR) is 140 cm³/mol. The summed E-state index contributed by atoms with van der Waals surface area (Å²) in [6.45, 7) is 3.91. The minimum Gasteiger partial charge on any atom is -0.490 e. The molecule has 1 aromatic carbocycles. The molecule has 1 aliphatic carbocycles. The number of nitrogens with one attached hydrogen (secondary N) is 2. The van der Waals surface area contributed by atoms with Gasteiger partial charge in [0.1, 0.15) is 17.3 Å². The first kappa shape index (κ1) is 23.8. The Labute approximate surface area is 210 Å². The molecule has 0 unspecified atom stereocenters. The van der Waals surface area contributed by atoms with E-state index >= 15 is 0 Å². The molecule has 4 aromatic rings. The number of aromatic nitrogens is 5. The molecule has 0 spiro atoms. The SMILES string of the molecule is CNc1cc2c(cn1)c(-c1cnn(C)c1)nn2[C@H]1CC[C@@H](Oc2cccc(C(=O)NC(C)C)c2)CC1. The molecule has 0 aliphatic heterocycles. The monoisotopic (exact) mass is 487 g/mol. The second kappa shape index (κ2) is 10.0. The Morgan fingerprint density at radius 2 is 1.94 bits per heavy atom. The van der Waals surface area contributed by atoms with Crippen LogP contribution in [0, 0.1) is 0 Å². The Bertz CT molecular complexity index is 1370. The standard InChI is InChI=1S/C27H33N7O2/c1-17(2)31-27(35)18-6-5-7-22(12-18)36-21-10-8-20(9-11-21)34-24-13-25(28-3)29-15-23(24)26(32-34)19-14-30-33(4)16-19/h5-7,12-17,20-21H,8-11H2,1-4H3,(H,28,29)(H,31,35)/t20-,21+. The first-order chi connectivity index (χ1) is 17.4. The van der Waals surface area contributed by atoms with Crippen molar-refractivity contribution in [3.05, 3.63) is 54.5 Å². The van der Waals surface area contributed by atoms with Crippen LogP contribution in [0.1, 0.15) is 55.9 Å². The molecule has 0 atom stereocenters. The molecule has 9 heteroatoms. The third-order valence-electron chi connectivity index (χ3n) is 6.63. The second-order valence-corrected chi connectivity index (χ2v) is 9.74. The number of carbonyl (C=O) groups is 1. The van der Waals surface area contributed by atoms with E-state index in [1.165, 1.54) is 0 Å². The molecular formula is C27H33N7O2. The van der Waals surface area contributed by atoms with E-state index in [4.69, 9.17) is 9.84 Å². The summed E-state index contributed by atoms with van der Waals surface area (Å²) in [4.78, 5) is 16.9. The zero-order chi connectivity index (χ0) is 25.2. The number of nitrogens with zero attached hydrogens (tertiary/aromatic N) is 5. The Morgan fingerprint density at radius 1 is 1.14 bits per heavy atom. The van der Waals surface area contributed by atoms with Crippen molar-refractivity contribution in [2.45, 2.75) is 57.7 Å². The summed E-state index contributed by atoms with van der Waals surface area (Å²) in [5.41, 5.74) is 3.58. The topological polar surface area (TPSA) is 98.9 Å². The van der Waals surface area contributed by atoms with Crippen LogP contribution in [-0.2, 0) is 7.05 Å².